The molecule has 3 aliphatic rings. The van der Waals surface area contributed by atoms with Crippen LogP contribution in [0.15, 0.2) is 29.4 Å². The second-order valence-electron chi connectivity index (χ2n) is 7.93. The van der Waals surface area contributed by atoms with Crippen molar-refractivity contribution in [2.45, 2.75) is 36.6 Å². The van der Waals surface area contributed by atoms with Gasteiger partial charge in [-0.05, 0) is 28.8 Å². The van der Waals surface area contributed by atoms with Gasteiger partial charge in [-0.1, -0.05) is 17.3 Å². The fraction of sp³-hybridized carbons (Fsp3) is 0.474. The van der Waals surface area contributed by atoms with Crippen molar-refractivity contribution in [1.82, 2.24) is 15.1 Å². The molecule has 3 aliphatic heterocycles. The van der Waals surface area contributed by atoms with Gasteiger partial charge in [-0.3, -0.25) is 4.68 Å². The first-order valence-electron chi connectivity index (χ1n) is 9.37. The fourth-order valence-corrected chi connectivity index (χ4v) is 4.28. The van der Waals surface area contributed by atoms with Gasteiger partial charge >= 0.3 is 12.4 Å². The van der Waals surface area contributed by atoms with Gasteiger partial charge in [0, 0.05) is 20.1 Å². The minimum Gasteiger partial charge on any atom is -0.372 e. The quantitative estimate of drug-likeness (QED) is 0.662. The molecule has 1 unspecified atom stereocenters. The largest absolute Gasteiger partial charge is 0.437 e. The summed E-state index contributed by atoms with van der Waals surface area (Å²) in [6.45, 7) is 1.63. The number of aryl methyl sites for hydroxylation is 1. The molecule has 5 rings (SSSR count). The van der Waals surface area contributed by atoms with Crippen molar-refractivity contribution >= 4 is 18.1 Å². The van der Waals surface area contributed by atoms with Gasteiger partial charge in [-0.2, -0.15) is 31.4 Å². The number of benzene rings is 1. The molecular formula is C19H17ClF6N4O2. The zero-order valence-corrected chi connectivity index (χ0v) is 17.3. The summed E-state index contributed by atoms with van der Waals surface area (Å²) >= 11 is 0. The molecule has 1 aromatic carbocycles. The SMILES string of the molecule is Cl.Cn1nc(C(F)(F)F)cc1C1(C(F)(F)F)CC(c2ccc3c(c2)COC32CNC2)=NO1. The third kappa shape index (κ3) is 3.19. The van der Waals surface area contributed by atoms with Gasteiger partial charge in [0.1, 0.15) is 5.60 Å². The number of aromatic nitrogens is 2. The first kappa shape index (κ1) is 22.9. The normalized spacial score (nSPS) is 23.9. The maximum Gasteiger partial charge on any atom is 0.437 e. The summed E-state index contributed by atoms with van der Waals surface area (Å²) in [4.78, 5) is 4.85. The van der Waals surface area contributed by atoms with Gasteiger partial charge in [-0.25, -0.2) is 0 Å². The van der Waals surface area contributed by atoms with Crippen molar-refractivity contribution in [2.75, 3.05) is 13.1 Å². The van der Waals surface area contributed by atoms with E-state index < -0.39 is 41.4 Å². The summed E-state index contributed by atoms with van der Waals surface area (Å²) in [5.41, 5.74) is -3.47. The van der Waals surface area contributed by atoms with Crippen molar-refractivity contribution in [3.63, 3.8) is 0 Å². The van der Waals surface area contributed by atoms with Crippen LogP contribution in [0.25, 0.3) is 0 Å². The molecule has 4 heterocycles. The maximum atomic E-state index is 14.1. The van der Waals surface area contributed by atoms with Gasteiger partial charge < -0.3 is 14.9 Å². The van der Waals surface area contributed by atoms with E-state index in [1.165, 1.54) is 0 Å². The first-order valence-corrected chi connectivity index (χ1v) is 9.37. The fourth-order valence-electron chi connectivity index (χ4n) is 4.28. The zero-order valence-electron chi connectivity index (χ0n) is 16.5. The average molecular weight is 483 g/mol. The molecule has 6 nitrogen and oxygen atoms in total. The Hall–Kier alpha value is -2.31. The van der Waals surface area contributed by atoms with Crippen LogP contribution in [-0.4, -0.2) is 34.8 Å². The summed E-state index contributed by atoms with van der Waals surface area (Å²) in [6, 6.07) is 5.48. The molecular weight excluding hydrogens is 466 g/mol. The highest BCUT2D eigenvalue weighted by atomic mass is 35.5. The van der Waals surface area contributed by atoms with Crippen molar-refractivity contribution in [3.05, 3.63) is 52.3 Å². The lowest BCUT2D eigenvalue weighted by Crippen LogP contribution is -2.56. The Balaban J connectivity index is 0.00000245. The minimum atomic E-state index is -5.03. The molecule has 1 spiro atoms. The van der Waals surface area contributed by atoms with Crippen molar-refractivity contribution in [1.29, 1.82) is 0 Å². The summed E-state index contributed by atoms with van der Waals surface area (Å²) in [5, 5.41) is 9.97. The zero-order chi connectivity index (χ0) is 22.2. The van der Waals surface area contributed by atoms with Gasteiger partial charge in [0.05, 0.1) is 24.4 Å². The van der Waals surface area contributed by atoms with Crippen LogP contribution in [0.4, 0.5) is 26.3 Å². The molecule has 174 valence electrons. The average Bonchev–Trinajstić information content (AvgIpc) is 3.34. The van der Waals surface area contributed by atoms with Crippen LogP contribution in [0, 0.1) is 0 Å². The van der Waals surface area contributed by atoms with Crippen LogP contribution in [-0.2, 0) is 40.6 Å². The predicted octanol–water partition coefficient (Wildman–Crippen LogP) is 3.77. The monoisotopic (exact) mass is 482 g/mol. The van der Waals surface area contributed by atoms with Crippen LogP contribution in [0.5, 0.6) is 0 Å². The van der Waals surface area contributed by atoms with Gasteiger partial charge in [0.2, 0.25) is 0 Å². The summed E-state index contributed by atoms with van der Waals surface area (Å²) in [6.07, 6.45) is -10.7. The van der Waals surface area contributed by atoms with E-state index in [4.69, 9.17) is 9.57 Å². The lowest BCUT2D eigenvalue weighted by Gasteiger charge is -2.39. The molecule has 1 N–H and O–H groups in total. The van der Waals surface area contributed by atoms with Gasteiger partial charge in [-0.15, -0.1) is 12.4 Å². The summed E-state index contributed by atoms with van der Waals surface area (Å²) in [5.74, 6) is 0. The molecule has 0 bridgehead atoms. The lowest BCUT2D eigenvalue weighted by molar-refractivity contribution is -0.278. The minimum absolute atomic E-state index is 0. The molecule has 13 heteroatoms. The number of hydrogen-bond donors (Lipinski definition) is 1. The van der Waals surface area contributed by atoms with E-state index in [0.29, 0.717) is 36.0 Å². The molecule has 1 atom stereocenters. The number of hydrogen-bond acceptors (Lipinski definition) is 5. The topological polar surface area (TPSA) is 60.7 Å². The van der Waals surface area contributed by atoms with Crippen LogP contribution in [0.3, 0.4) is 0 Å². The molecule has 0 amide bonds. The molecule has 32 heavy (non-hydrogen) atoms. The van der Waals surface area contributed by atoms with Crippen molar-refractivity contribution in [3.8, 4) is 0 Å². The number of halogens is 7. The number of nitrogens with one attached hydrogen (secondary N) is 1. The third-order valence-corrected chi connectivity index (χ3v) is 6.02. The Morgan fingerprint density at radius 1 is 1.09 bits per heavy atom. The Morgan fingerprint density at radius 3 is 2.38 bits per heavy atom. The number of ether oxygens (including phenoxy) is 1. The van der Waals surface area contributed by atoms with Gasteiger partial charge in [0.25, 0.3) is 5.60 Å². The van der Waals surface area contributed by atoms with Crippen LogP contribution >= 0.6 is 12.4 Å². The number of oxime groups is 1. The smallest absolute Gasteiger partial charge is 0.372 e. The van der Waals surface area contributed by atoms with Gasteiger partial charge in [0.15, 0.2) is 5.69 Å². The molecule has 1 fully saturated rings. The van der Waals surface area contributed by atoms with E-state index >= 15 is 0 Å². The molecule has 0 saturated carbocycles. The molecule has 0 aliphatic carbocycles. The Kier molecular flexibility index (Phi) is 5.07. The second-order valence-corrected chi connectivity index (χ2v) is 7.93. The third-order valence-electron chi connectivity index (χ3n) is 6.02. The standard InChI is InChI=1S/C19H16F6N4O2.ClH/c1-29-15(5-14(27-29)18(20,21)22)17(19(23,24)25)6-13(28-31-17)10-2-3-12-11(4-10)7-30-16(12)8-26-9-16;/h2-5,26H,6-9H2,1H3;1H. The lowest BCUT2D eigenvalue weighted by atomic mass is 9.85. The van der Waals surface area contributed by atoms with E-state index in [9.17, 15) is 26.3 Å². The number of rotatable bonds is 2. The Bertz CT molecular complexity index is 1090. The molecule has 2 aromatic rings. The highest BCUT2D eigenvalue weighted by molar-refractivity contribution is 6.02. The molecule has 0 radical (unpaired) electrons. The van der Waals surface area contributed by atoms with Crippen molar-refractivity contribution in [2.24, 2.45) is 12.2 Å². The highest BCUT2D eigenvalue weighted by Gasteiger charge is 2.64. The Labute approximate surface area is 184 Å². The van der Waals surface area contributed by atoms with E-state index in [1.54, 1.807) is 18.2 Å². The van der Waals surface area contributed by atoms with Crippen LogP contribution in [0.1, 0.15) is 34.5 Å². The van der Waals surface area contributed by atoms with Crippen LogP contribution in [0.2, 0.25) is 0 Å². The van der Waals surface area contributed by atoms with E-state index in [0.717, 1.165) is 18.2 Å². The van der Waals surface area contributed by atoms with E-state index in [2.05, 4.69) is 15.6 Å². The highest BCUT2D eigenvalue weighted by Crippen LogP contribution is 2.50. The predicted molar refractivity (Wildman–Crippen MR) is 101 cm³/mol. The maximum absolute atomic E-state index is 14.1. The van der Waals surface area contributed by atoms with Crippen molar-refractivity contribution < 1.29 is 35.9 Å². The number of alkyl halides is 6. The summed E-state index contributed by atoms with van der Waals surface area (Å²) < 4.78 is 87.7. The summed E-state index contributed by atoms with van der Waals surface area (Å²) in [7, 11) is 1.01. The Morgan fingerprint density at radius 2 is 1.81 bits per heavy atom. The number of nitrogens with zero attached hydrogens (tertiary/aromatic N) is 3. The first-order chi connectivity index (χ1) is 14.5. The second kappa shape index (κ2) is 7.09. The van der Waals surface area contributed by atoms with E-state index in [-0.39, 0.29) is 18.1 Å². The molecule has 1 saturated heterocycles. The molecule has 1 aromatic heterocycles. The van der Waals surface area contributed by atoms with Crippen LogP contribution < -0.4 is 5.32 Å². The van der Waals surface area contributed by atoms with E-state index in [1.807, 2.05) is 0 Å². The number of fused-ring (bicyclic) bond motifs is 2.